The fraction of sp³-hybridized carbons (Fsp3) is 0.469. The number of guanidine groups is 1. The van der Waals surface area contributed by atoms with Crippen molar-refractivity contribution in [3.05, 3.63) is 71.0 Å². The van der Waals surface area contributed by atoms with Crippen molar-refractivity contribution >= 4 is 29.6 Å². The Balaban J connectivity index is 1.86. The first-order valence-electron chi connectivity index (χ1n) is 15.1. The fourth-order valence-corrected chi connectivity index (χ4v) is 5.54. The molecule has 0 heterocycles. The van der Waals surface area contributed by atoms with E-state index >= 15 is 0 Å². The van der Waals surface area contributed by atoms with E-state index in [0.717, 1.165) is 37.7 Å². The summed E-state index contributed by atoms with van der Waals surface area (Å²) in [6, 6.07) is 10.9. The molecule has 44 heavy (non-hydrogen) atoms. The Morgan fingerprint density at radius 2 is 1.70 bits per heavy atom. The Bertz CT molecular complexity index is 1300. The van der Waals surface area contributed by atoms with Crippen LogP contribution >= 0.6 is 0 Å². The number of nitrogens with one attached hydrogen (secondary N) is 5. The van der Waals surface area contributed by atoms with Gasteiger partial charge in [0, 0.05) is 12.1 Å². The minimum absolute atomic E-state index is 0.0754. The van der Waals surface area contributed by atoms with E-state index in [2.05, 4.69) is 16.0 Å². The van der Waals surface area contributed by atoms with Crippen molar-refractivity contribution in [3.63, 3.8) is 0 Å². The molecule has 2 aromatic rings. The van der Waals surface area contributed by atoms with Gasteiger partial charge >= 0.3 is 5.97 Å². The first kappa shape index (κ1) is 34.0. The Hall–Kier alpha value is -4.48. The average Bonchev–Trinajstić information content (AvgIpc) is 3.00. The van der Waals surface area contributed by atoms with E-state index in [4.69, 9.17) is 27.0 Å². The van der Waals surface area contributed by atoms with Crippen molar-refractivity contribution in [2.75, 3.05) is 13.2 Å². The largest absolute Gasteiger partial charge is 0.464 e. The van der Waals surface area contributed by atoms with Crippen molar-refractivity contribution in [1.82, 2.24) is 16.0 Å². The number of hydrogen-bond acceptors (Lipinski definition) is 6. The molecule has 1 fully saturated rings. The van der Waals surface area contributed by atoms with Crippen LogP contribution in [0.4, 0.5) is 4.39 Å². The van der Waals surface area contributed by atoms with Crippen LogP contribution in [0, 0.1) is 22.6 Å². The van der Waals surface area contributed by atoms with Gasteiger partial charge in [0.1, 0.15) is 23.7 Å². The summed E-state index contributed by atoms with van der Waals surface area (Å²) in [4.78, 5) is 40.6. The quantitative estimate of drug-likeness (QED) is 0.0697. The Kier molecular flexibility index (Phi) is 13.1. The number of halogens is 1. The van der Waals surface area contributed by atoms with E-state index in [9.17, 15) is 18.8 Å². The number of nitrogens with two attached hydrogens (primary N) is 2. The van der Waals surface area contributed by atoms with Gasteiger partial charge in [-0.25, -0.2) is 9.18 Å². The number of nitrogen functional groups attached to an aromatic ring is 1. The number of benzene rings is 2. The zero-order valence-corrected chi connectivity index (χ0v) is 25.2. The molecule has 0 aliphatic heterocycles. The number of amides is 2. The fourth-order valence-electron chi connectivity index (χ4n) is 5.54. The highest BCUT2D eigenvalue weighted by Crippen LogP contribution is 2.29. The van der Waals surface area contributed by atoms with Gasteiger partial charge in [-0.05, 0) is 68.2 Å². The molecule has 0 spiro atoms. The van der Waals surface area contributed by atoms with Gasteiger partial charge in [0.15, 0.2) is 5.96 Å². The molecule has 11 nitrogen and oxygen atoms in total. The molecule has 0 aromatic heterocycles. The number of rotatable bonds is 15. The lowest BCUT2D eigenvalue weighted by molar-refractivity contribution is -0.148. The molecule has 12 heteroatoms. The second-order valence-electron chi connectivity index (χ2n) is 11.1. The van der Waals surface area contributed by atoms with E-state index in [-0.39, 0.29) is 37.2 Å². The zero-order valence-electron chi connectivity index (χ0n) is 25.2. The number of ether oxygens (including phenoxy) is 1. The molecule has 0 bridgehead atoms. The number of hydrogen-bond donors (Lipinski definition) is 7. The van der Waals surface area contributed by atoms with E-state index in [1.54, 1.807) is 43.3 Å². The van der Waals surface area contributed by atoms with Gasteiger partial charge in [0.25, 0.3) is 0 Å². The molecule has 9 N–H and O–H groups in total. The van der Waals surface area contributed by atoms with Crippen LogP contribution in [0.3, 0.4) is 0 Å². The third kappa shape index (κ3) is 10.4. The summed E-state index contributed by atoms with van der Waals surface area (Å²) in [5, 5.41) is 23.4. The summed E-state index contributed by atoms with van der Waals surface area (Å²) in [5.41, 5.74) is 12.7. The molecular formula is C32H44FN7O4. The van der Waals surface area contributed by atoms with Crippen LogP contribution in [-0.2, 0) is 25.5 Å². The van der Waals surface area contributed by atoms with Crippen LogP contribution in [0.25, 0.3) is 0 Å². The third-order valence-corrected chi connectivity index (χ3v) is 7.85. The van der Waals surface area contributed by atoms with Crippen molar-refractivity contribution < 1.29 is 23.5 Å². The predicted molar refractivity (Wildman–Crippen MR) is 167 cm³/mol. The minimum atomic E-state index is -0.946. The maximum Gasteiger partial charge on any atom is 0.328 e. The lowest BCUT2D eigenvalue weighted by Gasteiger charge is -2.32. The van der Waals surface area contributed by atoms with Gasteiger partial charge in [0.2, 0.25) is 11.8 Å². The average molecular weight is 610 g/mol. The summed E-state index contributed by atoms with van der Waals surface area (Å²) in [6.45, 7) is 2.16. The molecule has 1 aliphatic rings. The first-order valence-corrected chi connectivity index (χ1v) is 15.1. The Morgan fingerprint density at radius 1 is 1.00 bits per heavy atom. The molecule has 2 aromatic carbocycles. The van der Waals surface area contributed by atoms with Crippen LogP contribution < -0.4 is 27.4 Å². The molecule has 1 saturated carbocycles. The molecular weight excluding hydrogens is 565 g/mol. The maximum atomic E-state index is 14.3. The third-order valence-electron chi connectivity index (χ3n) is 7.85. The normalized spacial score (nSPS) is 15.3. The molecule has 3 rings (SSSR count). The van der Waals surface area contributed by atoms with Gasteiger partial charge in [-0.2, -0.15) is 0 Å². The highest BCUT2D eigenvalue weighted by atomic mass is 19.1. The summed E-state index contributed by atoms with van der Waals surface area (Å²) in [5.74, 6) is -3.20. The highest BCUT2D eigenvalue weighted by Gasteiger charge is 2.35. The zero-order chi connectivity index (χ0) is 32.1. The molecule has 0 radical (unpaired) electrons. The molecule has 2 amide bonds. The number of amidine groups is 1. The van der Waals surface area contributed by atoms with Crippen LogP contribution in [0.2, 0.25) is 0 Å². The van der Waals surface area contributed by atoms with Crippen LogP contribution in [0.1, 0.15) is 74.5 Å². The molecule has 1 aliphatic carbocycles. The van der Waals surface area contributed by atoms with Crippen molar-refractivity contribution in [1.29, 1.82) is 10.8 Å². The van der Waals surface area contributed by atoms with Gasteiger partial charge in [-0.15, -0.1) is 0 Å². The van der Waals surface area contributed by atoms with E-state index < -0.39 is 41.6 Å². The lowest BCUT2D eigenvalue weighted by Crippen LogP contribution is -2.56. The van der Waals surface area contributed by atoms with E-state index in [1.807, 2.05) is 0 Å². The SMILES string of the molecule is CCOC(=O)[C@H](CCCNC(=N)N)NC(=O)[C@@H](NC(=O)[C@H](Cc1ccc(C(=N)N)cc1)c1cccc(F)c1)C1CCCCC1. The van der Waals surface area contributed by atoms with Gasteiger partial charge in [-0.3, -0.25) is 20.4 Å². The summed E-state index contributed by atoms with van der Waals surface area (Å²) >= 11 is 0. The second-order valence-corrected chi connectivity index (χ2v) is 11.1. The first-order chi connectivity index (χ1) is 21.1. The number of carbonyl (C=O) groups excluding carboxylic acids is 3. The monoisotopic (exact) mass is 609 g/mol. The minimum Gasteiger partial charge on any atom is -0.464 e. The maximum absolute atomic E-state index is 14.3. The molecule has 238 valence electrons. The summed E-state index contributed by atoms with van der Waals surface area (Å²) in [6.07, 6.45) is 5.25. The number of esters is 1. The lowest BCUT2D eigenvalue weighted by atomic mass is 9.82. The Labute approximate surface area is 257 Å². The van der Waals surface area contributed by atoms with Crippen LogP contribution in [0.5, 0.6) is 0 Å². The van der Waals surface area contributed by atoms with Crippen molar-refractivity contribution in [2.24, 2.45) is 17.4 Å². The second kappa shape index (κ2) is 17.0. The topological polar surface area (TPSA) is 196 Å². The van der Waals surface area contributed by atoms with E-state index in [0.29, 0.717) is 24.1 Å². The van der Waals surface area contributed by atoms with Gasteiger partial charge in [-0.1, -0.05) is 55.7 Å². The summed E-state index contributed by atoms with van der Waals surface area (Å²) in [7, 11) is 0. The molecule has 0 saturated heterocycles. The molecule has 3 atom stereocenters. The highest BCUT2D eigenvalue weighted by molar-refractivity contribution is 5.95. The van der Waals surface area contributed by atoms with Crippen molar-refractivity contribution in [2.45, 2.75) is 76.3 Å². The Morgan fingerprint density at radius 3 is 2.32 bits per heavy atom. The predicted octanol–water partition coefficient (Wildman–Crippen LogP) is 2.81. The van der Waals surface area contributed by atoms with Crippen LogP contribution in [0.15, 0.2) is 48.5 Å². The molecule has 0 unspecified atom stereocenters. The van der Waals surface area contributed by atoms with Crippen molar-refractivity contribution in [3.8, 4) is 0 Å². The number of carbonyl (C=O) groups is 3. The van der Waals surface area contributed by atoms with E-state index in [1.165, 1.54) is 12.1 Å². The van der Waals surface area contributed by atoms with Crippen LogP contribution in [-0.4, -0.2) is 54.8 Å². The smallest absolute Gasteiger partial charge is 0.328 e. The van der Waals surface area contributed by atoms with Gasteiger partial charge in [0.05, 0.1) is 12.5 Å². The standard InChI is InChI=1S/C32H44FN7O4/c1-2-44-31(43)26(12-7-17-38-32(36)37)39-30(42)27(21-8-4-3-5-9-21)40-29(41)25(23-10-6-11-24(33)19-23)18-20-13-15-22(16-14-20)28(34)35/h6,10-11,13-16,19,21,25-27H,2-5,7-9,12,17-18H2,1H3,(H3,34,35)(H,39,42)(H,40,41)(H4,36,37,38)/t25-,26+,27+/m1/s1. The van der Waals surface area contributed by atoms with Gasteiger partial charge < -0.3 is 32.2 Å². The summed E-state index contributed by atoms with van der Waals surface area (Å²) < 4.78 is 19.5.